The number of nitriles is 1. The number of thiophene rings is 1. The van der Waals surface area contributed by atoms with E-state index in [2.05, 4.69) is 5.32 Å². The van der Waals surface area contributed by atoms with Gasteiger partial charge in [0.25, 0.3) is 0 Å². The molecule has 1 rings (SSSR count). The molecule has 0 spiro atoms. The van der Waals surface area contributed by atoms with Gasteiger partial charge in [-0.3, -0.25) is 0 Å². The lowest BCUT2D eigenvalue weighted by atomic mass is 10.4. The van der Waals surface area contributed by atoms with Crippen LogP contribution in [0, 0.1) is 11.3 Å². The van der Waals surface area contributed by atoms with Crippen LogP contribution in [0.25, 0.3) is 0 Å². The Morgan fingerprint density at radius 2 is 2.19 bits per heavy atom. The van der Waals surface area contributed by atoms with Crippen molar-refractivity contribution in [1.29, 1.82) is 5.26 Å². The minimum atomic E-state index is -4.29. The van der Waals surface area contributed by atoms with Crippen LogP contribution in [-0.4, -0.2) is 19.0 Å². The Bertz CT molecular complexity index is 419. The lowest BCUT2D eigenvalue weighted by Gasteiger charge is -2.08. The van der Waals surface area contributed by atoms with E-state index in [4.69, 9.17) is 11.0 Å². The second kappa shape index (κ2) is 4.84. The van der Waals surface area contributed by atoms with Crippen LogP contribution in [0.2, 0.25) is 0 Å². The summed E-state index contributed by atoms with van der Waals surface area (Å²) in [6.45, 7) is -1.13. The molecule has 3 nitrogen and oxygen atoms in total. The summed E-state index contributed by atoms with van der Waals surface area (Å²) < 4.78 is 36.0. The quantitative estimate of drug-likeness (QED) is 0.827. The molecule has 16 heavy (non-hydrogen) atoms. The number of anilines is 2. The molecule has 88 valence electrons. The SMILES string of the molecule is CSc1c(NCC(F)(F)F)sc(C#N)c1N. The molecule has 0 aliphatic carbocycles. The summed E-state index contributed by atoms with van der Waals surface area (Å²) in [4.78, 5) is 0.722. The highest BCUT2D eigenvalue weighted by molar-refractivity contribution is 7.99. The Morgan fingerprint density at radius 1 is 1.56 bits per heavy atom. The molecule has 0 aromatic carbocycles. The number of nitrogen functional groups attached to an aromatic ring is 1. The lowest BCUT2D eigenvalue weighted by Crippen LogP contribution is -2.21. The zero-order valence-electron chi connectivity index (χ0n) is 8.18. The summed E-state index contributed by atoms with van der Waals surface area (Å²) in [6, 6.07) is 1.85. The van der Waals surface area contributed by atoms with Crippen molar-refractivity contribution in [2.24, 2.45) is 0 Å². The Morgan fingerprint density at radius 3 is 2.62 bits per heavy atom. The summed E-state index contributed by atoms with van der Waals surface area (Å²) in [7, 11) is 0. The van der Waals surface area contributed by atoms with Crippen molar-refractivity contribution in [2.45, 2.75) is 11.1 Å². The van der Waals surface area contributed by atoms with Crippen molar-refractivity contribution in [3.05, 3.63) is 4.88 Å². The summed E-state index contributed by atoms with van der Waals surface area (Å²) in [5.74, 6) is 0. The number of alkyl halides is 3. The average molecular weight is 267 g/mol. The molecule has 0 unspecified atom stereocenters. The first-order chi connectivity index (χ1) is 7.39. The molecule has 0 bridgehead atoms. The fourth-order valence-corrected chi connectivity index (χ4v) is 2.84. The zero-order valence-corrected chi connectivity index (χ0v) is 9.82. The number of rotatable bonds is 3. The van der Waals surface area contributed by atoms with Gasteiger partial charge in [-0.15, -0.1) is 23.1 Å². The van der Waals surface area contributed by atoms with Crippen LogP contribution in [0.15, 0.2) is 4.90 Å². The van der Waals surface area contributed by atoms with E-state index >= 15 is 0 Å². The van der Waals surface area contributed by atoms with Gasteiger partial charge in [0.1, 0.15) is 22.5 Å². The Balaban J connectivity index is 2.93. The second-order valence-corrected chi connectivity index (χ2v) is 4.62. The van der Waals surface area contributed by atoms with Crippen molar-refractivity contribution < 1.29 is 13.2 Å². The number of hydrogen-bond donors (Lipinski definition) is 2. The summed E-state index contributed by atoms with van der Waals surface area (Å²) in [6.07, 6.45) is -2.60. The molecule has 1 heterocycles. The maximum atomic E-state index is 12.0. The summed E-state index contributed by atoms with van der Waals surface area (Å²) in [5, 5.41) is 11.2. The number of nitrogens with two attached hydrogens (primary N) is 1. The van der Waals surface area contributed by atoms with Gasteiger partial charge in [-0.1, -0.05) is 0 Å². The molecule has 0 saturated carbocycles. The second-order valence-electron chi connectivity index (χ2n) is 2.79. The minimum absolute atomic E-state index is 0.231. The molecule has 0 aliphatic heterocycles. The maximum absolute atomic E-state index is 12.0. The number of thioether (sulfide) groups is 1. The average Bonchev–Trinajstić information content (AvgIpc) is 2.50. The van der Waals surface area contributed by atoms with E-state index in [1.54, 1.807) is 6.26 Å². The molecule has 0 amide bonds. The van der Waals surface area contributed by atoms with Crippen LogP contribution in [0.1, 0.15) is 4.88 Å². The minimum Gasteiger partial charge on any atom is -0.396 e. The molecule has 8 heteroatoms. The van der Waals surface area contributed by atoms with Crippen LogP contribution in [0.3, 0.4) is 0 Å². The van der Waals surface area contributed by atoms with Crippen molar-refractivity contribution in [1.82, 2.24) is 0 Å². The van der Waals surface area contributed by atoms with Gasteiger partial charge in [0, 0.05) is 0 Å². The molecule has 0 atom stereocenters. The van der Waals surface area contributed by atoms with Gasteiger partial charge < -0.3 is 11.1 Å². The normalized spacial score (nSPS) is 11.2. The highest BCUT2D eigenvalue weighted by Gasteiger charge is 2.28. The van der Waals surface area contributed by atoms with E-state index in [0.29, 0.717) is 9.90 Å². The van der Waals surface area contributed by atoms with Gasteiger partial charge in [0.15, 0.2) is 0 Å². The molecular weight excluding hydrogens is 259 g/mol. The third kappa shape index (κ3) is 2.96. The molecule has 0 saturated heterocycles. The predicted molar refractivity (Wildman–Crippen MR) is 59.8 cm³/mol. The topological polar surface area (TPSA) is 61.8 Å². The van der Waals surface area contributed by atoms with Crippen molar-refractivity contribution >= 4 is 33.8 Å². The van der Waals surface area contributed by atoms with E-state index in [1.807, 2.05) is 6.07 Å². The molecule has 1 aromatic rings. The fraction of sp³-hybridized carbons (Fsp3) is 0.375. The smallest absolute Gasteiger partial charge is 0.396 e. The zero-order chi connectivity index (χ0) is 12.3. The third-order valence-corrected chi connectivity index (χ3v) is 3.68. The van der Waals surface area contributed by atoms with Gasteiger partial charge in [-0.05, 0) is 6.26 Å². The first-order valence-electron chi connectivity index (χ1n) is 4.06. The highest BCUT2D eigenvalue weighted by Crippen LogP contribution is 2.41. The van der Waals surface area contributed by atoms with Crippen molar-refractivity contribution in [2.75, 3.05) is 23.9 Å². The summed E-state index contributed by atoms with van der Waals surface area (Å²) in [5.41, 5.74) is 5.85. The van der Waals surface area contributed by atoms with E-state index in [9.17, 15) is 13.2 Å². The number of hydrogen-bond acceptors (Lipinski definition) is 5. The first kappa shape index (κ1) is 13.0. The Hall–Kier alpha value is -1.07. The summed E-state index contributed by atoms with van der Waals surface area (Å²) >= 11 is 2.15. The van der Waals surface area contributed by atoms with Crippen LogP contribution < -0.4 is 11.1 Å². The molecular formula is C8H8F3N3S2. The number of halogens is 3. The molecule has 0 fully saturated rings. The largest absolute Gasteiger partial charge is 0.405 e. The van der Waals surface area contributed by atoms with Crippen LogP contribution in [0.4, 0.5) is 23.9 Å². The van der Waals surface area contributed by atoms with Gasteiger partial charge >= 0.3 is 6.18 Å². The van der Waals surface area contributed by atoms with Gasteiger partial charge in [-0.2, -0.15) is 18.4 Å². The molecule has 0 aliphatic rings. The van der Waals surface area contributed by atoms with Gasteiger partial charge in [0.2, 0.25) is 0 Å². The Labute approximate surface area is 98.4 Å². The molecule has 3 N–H and O–H groups in total. The molecule has 0 radical (unpaired) electrons. The van der Waals surface area contributed by atoms with E-state index < -0.39 is 12.7 Å². The fourth-order valence-electron chi connectivity index (χ4n) is 1.01. The van der Waals surface area contributed by atoms with Gasteiger partial charge in [0.05, 0.1) is 10.6 Å². The van der Waals surface area contributed by atoms with E-state index in [0.717, 1.165) is 11.3 Å². The number of nitrogens with one attached hydrogen (secondary N) is 1. The monoisotopic (exact) mass is 267 g/mol. The molecule has 1 aromatic heterocycles. The highest BCUT2D eigenvalue weighted by atomic mass is 32.2. The number of nitrogens with zero attached hydrogens (tertiary/aromatic N) is 1. The van der Waals surface area contributed by atoms with Crippen LogP contribution in [-0.2, 0) is 0 Å². The van der Waals surface area contributed by atoms with Crippen molar-refractivity contribution in [3.63, 3.8) is 0 Å². The van der Waals surface area contributed by atoms with Crippen molar-refractivity contribution in [3.8, 4) is 6.07 Å². The lowest BCUT2D eigenvalue weighted by molar-refractivity contribution is -0.115. The van der Waals surface area contributed by atoms with Crippen LogP contribution >= 0.6 is 23.1 Å². The maximum Gasteiger partial charge on any atom is 0.405 e. The first-order valence-corrected chi connectivity index (χ1v) is 6.10. The van der Waals surface area contributed by atoms with Gasteiger partial charge in [-0.25, -0.2) is 0 Å². The van der Waals surface area contributed by atoms with E-state index in [-0.39, 0.29) is 10.6 Å². The van der Waals surface area contributed by atoms with E-state index in [1.165, 1.54) is 11.8 Å². The van der Waals surface area contributed by atoms with Crippen LogP contribution in [0.5, 0.6) is 0 Å². The predicted octanol–water partition coefficient (Wildman–Crippen LogP) is 2.90. The Kier molecular flexibility index (Phi) is 3.93. The third-order valence-electron chi connectivity index (χ3n) is 1.65. The standard InChI is InChI=1S/C8H8F3N3S2/c1-15-6-5(13)4(2-12)16-7(6)14-3-8(9,10)11/h14H,3,13H2,1H3.